The molecular weight excluding hydrogens is 330 g/mol. The summed E-state index contributed by atoms with van der Waals surface area (Å²) >= 11 is 11.4. The molecule has 4 heteroatoms. The number of nitrogens with one attached hydrogen (secondary N) is 1. The van der Waals surface area contributed by atoms with E-state index in [1.165, 1.54) is 16.0 Å². The maximum atomic E-state index is 6.14. The van der Waals surface area contributed by atoms with Crippen molar-refractivity contribution in [2.75, 3.05) is 6.54 Å². The molecule has 0 bridgehead atoms. The van der Waals surface area contributed by atoms with Gasteiger partial charge in [0.05, 0.1) is 6.04 Å². The Hall–Kier alpha value is -0.350. The minimum Gasteiger partial charge on any atom is -0.306 e. The first-order valence-electron chi connectivity index (χ1n) is 5.85. The average Bonchev–Trinajstić information content (AvgIpc) is 2.71. The van der Waals surface area contributed by atoms with Crippen molar-refractivity contribution >= 4 is 38.9 Å². The summed E-state index contributed by atoms with van der Waals surface area (Å²) < 4.78 is 1.02. The monoisotopic (exact) mass is 343 g/mol. The van der Waals surface area contributed by atoms with Crippen LogP contribution in [0.1, 0.15) is 29.0 Å². The smallest absolute Gasteiger partial charge is 0.0674 e. The van der Waals surface area contributed by atoms with Gasteiger partial charge in [-0.15, -0.1) is 11.3 Å². The largest absolute Gasteiger partial charge is 0.306 e. The van der Waals surface area contributed by atoms with Crippen LogP contribution >= 0.6 is 38.9 Å². The number of rotatable bonds is 4. The quantitative estimate of drug-likeness (QED) is 0.806. The van der Waals surface area contributed by atoms with Crippen LogP contribution in [0.3, 0.4) is 0 Å². The molecular formula is C14H15BrClNS. The van der Waals surface area contributed by atoms with Gasteiger partial charge in [0.25, 0.3) is 0 Å². The predicted molar refractivity (Wildman–Crippen MR) is 83.7 cm³/mol. The lowest BCUT2D eigenvalue weighted by Gasteiger charge is -2.19. The second kappa shape index (κ2) is 6.20. The molecule has 1 unspecified atom stereocenters. The first-order chi connectivity index (χ1) is 8.61. The highest BCUT2D eigenvalue weighted by atomic mass is 79.9. The Morgan fingerprint density at radius 3 is 2.72 bits per heavy atom. The van der Waals surface area contributed by atoms with Gasteiger partial charge in [0.15, 0.2) is 0 Å². The first-order valence-corrected chi connectivity index (χ1v) is 7.90. The Kier molecular flexibility index (Phi) is 4.84. The fourth-order valence-electron chi connectivity index (χ4n) is 1.99. The number of halogens is 2. The molecule has 2 aromatic rings. The number of aryl methyl sites for hydroxylation is 1. The van der Waals surface area contributed by atoms with Crippen molar-refractivity contribution in [3.63, 3.8) is 0 Å². The van der Waals surface area contributed by atoms with E-state index in [1.54, 1.807) is 11.3 Å². The molecule has 96 valence electrons. The summed E-state index contributed by atoms with van der Waals surface area (Å²) in [7, 11) is 0. The van der Waals surface area contributed by atoms with Crippen LogP contribution in [0.25, 0.3) is 0 Å². The van der Waals surface area contributed by atoms with Crippen molar-refractivity contribution in [1.82, 2.24) is 5.32 Å². The van der Waals surface area contributed by atoms with Crippen molar-refractivity contribution in [2.45, 2.75) is 19.9 Å². The van der Waals surface area contributed by atoms with Gasteiger partial charge in [0, 0.05) is 14.4 Å². The van der Waals surface area contributed by atoms with Crippen molar-refractivity contribution in [2.24, 2.45) is 0 Å². The van der Waals surface area contributed by atoms with E-state index < -0.39 is 0 Å². The van der Waals surface area contributed by atoms with Gasteiger partial charge in [0.1, 0.15) is 0 Å². The summed E-state index contributed by atoms with van der Waals surface area (Å²) in [5, 5.41) is 6.42. The van der Waals surface area contributed by atoms with E-state index in [9.17, 15) is 0 Å². The molecule has 0 fully saturated rings. The van der Waals surface area contributed by atoms with Gasteiger partial charge in [-0.25, -0.2) is 0 Å². The normalized spacial score (nSPS) is 12.7. The fraction of sp³-hybridized carbons (Fsp3) is 0.286. The van der Waals surface area contributed by atoms with E-state index in [0.29, 0.717) is 0 Å². The highest BCUT2D eigenvalue weighted by Gasteiger charge is 2.17. The van der Waals surface area contributed by atoms with Crippen molar-refractivity contribution < 1.29 is 0 Å². The summed E-state index contributed by atoms with van der Waals surface area (Å²) in [6, 6.07) is 8.43. The van der Waals surface area contributed by atoms with Gasteiger partial charge >= 0.3 is 0 Å². The van der Waals surface area contributed by atoms with Gasteiger partial charge in [-0.3, -0.25) is 0 Å². The third-order valence-electron chi connectivity index (χ3n) is 2.79. The molecule has 1 aromatic carbocycles. The molecule has 0 amide bonds. The van der Waals surface area contributed by atoms with Crippen LogP contribution in [0.5, 0.6) is 0 Å². The van der Waals surface area contributed by atoms with Gasteiger partial charge < -0.3 is 5.32 Å². The standard InChI is InChI=1S/C14H15BrClNS/c1-3-17-13(14-9(2)4-5-18-14)10-6-11(15)8-12(16)7-10/h4-8,13,17H,3H2,1-2H3. The number of hydrogen-bond acceptors (Lipinski definition) is 2. The van der Waals surface area contributed by atoms with Gasteiger partial charge in [-0.05, 0) is 54.2 Å². The lowest BCUT2D eigenvalue weighted by molar-refractivity contribution is 0.637. The molecule has 0 aliphatic rings. The number of benzene rings is 1. The van der Waals surface area contributed by atoms with Crippen LogP contribution in [0.4, 0.5) is 0 Å². The maximum absolute atomic E-state index is 6.14. The molecule has 0 spiro atoms. The van der Waals surface area contributed by atoms with E-state index in [1.807, 2.05) is 12.1 Å². The molecule has 0 aliphatic heterocycles. The molecule has 1 aromatic heterocycles. The summed E-state index contributed by atoms with van der Waals surface area (Å²) in [4.78, 5) is 1.35. The third-order valence-corrected chi connectivity index (χ3v) is 4.55. The SMILES string of the molecule is CCNC(c1cc(Cl)cc(Br)c1)c1sccc1C. The molecule has 0 saturated carbocycles. The van der Waals surface area contributed by atoms with Crippen LogP contribution in [-0.4, -0.2) is 6.54 Å². The second-order valence-corrected chi connectivity index (χ2v) is 6.46. The Labute approximate surface area is 125 Å². The zero-order chi connectivity index (χ0) is 13.1. The topological polar surface area (TPSA) is 12.0 Å². The van der Waals surface area contributed by atoms with Crippen LogP contribution in [-0.2, 0) is 0 Å². The Morgan fingerprint density at radius 2 is 2.17 bits per heavy atom. The van der Waals surface area contributed by atoms with Crippen LogP contribution in [0.2, 0.25) is 5.02 Å². The second-order valence-electron chi connectivity index (χ2n) is 4.16. The predicted octanol–water partition coefficient (Wildman–Crippen LogP) is 5.17. The maximum Gasteiger partial charge on any atom is 0.0674 e. The molecule has 0 saturated heterocycles. The van der Waals surface area contributed by atoms with Crippen LogP contribution < -0.4 is 5.32 Å². The molecule has 0 aliphatic carbocycles. The molecule has 1 heterocycles. The van der Waals surface area contributed by atoms with E-state index in [0.717, 1.165) is 16.0 Å². The van der Waals surface area contributed by atoms with E-state index in [-0.39, 0.29) is 6.04 Å². The molecule has 1 atom stereocenters. The summed E-state index contributed by atoms with van der Waals surface area (Å²) in [5.74, 6) is 0. The molecule has 2 rings (SSSR count). The zero-order valence-corrected chi connectivity index (χ0v) is 13.5. The van der Waals surface area contributed by atoms with E-state index >= 15 is 0 Å². The summed E-state index contributed by atoms with van der Waals surface area (Å²) in [6.45, 7) is 5.19. The molecule has 0 radical (unpaired) electrons. The fourth-order valence-corrected chi connectivity index (χ4v) is 3.90. The lowest BCUT2D eigenvalue weighted by atomic mass is 10.0. The van der Waals surface area contributed by atoms with Gasteiger partial charge in [-0.2, -0.15) is 0 Å². The van der Waals surface area contributed by atoms with Crippen LogP contribution in [0, 0.1) is 6.92 Å². The minimum atomic E-state index is 0.213. The highest BCUT2D eigenvalue weighted by Crippen LogP contribution is 2.32. The number of hydrogen-bond donors (Lipinski definition) is 1. The Morgan fingerprint density at radius 1 is 1.39 bits per heavy atom. The molecule has 1 N–H and O–H groups in total. The summed E-state index contributed by atoms with van der Waals surface area (Å²) in [6.07, 6.45) is 0. The van der Waals surface area contributed by atoms with Gasteiger partial charge in [-0.1, -0.05) is 34.5 Å². The molecule has 18 heavy (non-hydrogen) atoms. The number of thiophene rings is 1. The van der Waals surface area contributed by atoms with Crippen molar-refractivity contribution in [3.8, 4) is 0 Å². The summed E-state index contributed by atoms with van der Waals surface area (Å²) in [5.41, 5.74) is 2.52. The molecule has 1 nitrogen and oxygen atoms in total. The van der Waals surface area contributed by atoms with Crippen molar-refractivity contribution in [3.05, 3.63) is 55.1 Å². The van der Waals surface area contributed by atoms with E-state index in [2.05, 4.69) is 52.6 Å². The Bertz CT molecular complexity index is 518. The van der Waals surface area contributed by atoms with Crippen molar-refractivity contribution in [1.29, 1.82) is 0 Å². The average molecular weight is 345 g/mol. The van der Waals surface area contributed by atoms with Crippen LogP contribution in [0.15, 0.2) is 34.1 Å². The Balaban J connectivity index is 2.44. The zero-order valence-electron chi connectivity index (χ0n) is 10.3. The van der Waals surface area contributed by atoms with Gasteiger partial charge in [0.2, 0.25) is 0 Å². The lowest BCUT2D eigenvalue weighted by Crippen LogP contribution is -2.21. The minimum absolute atomic E-state index is 0.213. The highest BCUT2D eigenvalue weighted by molar-refractivity contribution is 9.10. The van der Waals surface area contributed by atoms with E-state index in [4.69, 9.17) is 11.6 Å². The first kappa shape index (κ1) is 14.1. The third kappa shape index (κ3) is 3.15.